The van der Waals surface area contributed by atoms with Crippen LogP contribution < -0.4 is 10.2 Å². The summed E-state index contributed by atoms with van der Waals surface area (Å²) >= 11 is 0. The lowest BCUT2D eigenvalue weighted by atomic mass is 10.2. The van der Waals surface area contributed by atoms with Crippen LogP contribution in [-0.2, 0) is 0 Å². The predicted octanol–water partition coefficient (Wildman–Crippen LogP) is 0.814. The number of carbonyl (C=O) groups excluding carboxylic acids is 1. The molecule has 1 amide bonds. The molecule has 64 valence electrons. The average Bonchev–Trinajstić information content (AvgIpc) is 2.17. The highest BCUT2D eigenvalue weighted by Crippen LogP contribution is 2.11. The lowest BCUT2D eigenvalue weighted by Crippen LogP contribution is -2.18. The van der Waals surface area contributed by atoms with Crippen LogP contribution in [-0.4, -0.2) is 18.2 Å². The van der Waals surface area contributed by atoms with Crippen LogP contribution in [0.25, 0.3) is 0 Å². The van der Waals surface area contributed by atoms with Crippen molar-refractivity contribution in [1.82, 2.24) is 5.48 Å². The second-order valence-corrected chi connectivity index (χ2v) is 2.17. The maximum atomic E-state index is 10.9. The van der Waals surface area contributed by atoms with Crippen molar-refractivity contribution in [1.29, 1.82) is 0 Å². The number of rotatable bonds is 2. The first-order valence-corrected chi connectivity index (χ1v) is 3.36. The molecule has 0 aromatic heterocycles. The van der Waals surface area contributed by atoms with Gasteiger partial charge in [0.05, 0.1) is 7.11 Å². The molecule has 4 nitrogen and oxygen atoms in total. The number of nitrogens with one attached hydrogen (secondary N) is 1. The minimum absolute atomic E-state index is 0.358. The predicted molar refractivity (Wildman–Crippen MR) is 42.2 cm³/mol. The molecule has 0 aliphatic rings. The fraction of sp³-hybridized carbons (Fsp3) is 0.125. The summed E-state index contributed by atoms with van der Waals surface area (Å²) < 4.78 is 4.89. The van der Waals surface area contributed by atoms with E-state index in [1.54, 1.807) is 18.2 Å². The average molecular weight is 167 g/mol. The van der Waals surface area contributed by atoms with E-state index in [-0.39, 0.29) is 0 Å². The van der Waals surface area contributed by atoms with Crippen molar-refractivity contribution < 1.29 is 14.7 Å². The molecule has 0 aliphatic heterocycles. The largest absolute Gasteiger partial charge is 0.497 e. The quantitative estimate of drug-likeness (QED) is 0.506. The molecule has 0 unspecified atom stereocenters. The van der Waals surface area contributed by atoms with Crippen LogP contribution in [0.3, 0.4) is 0 Å². The third-order valence-electron chi connectivity index (χ3n) is 1.43. The summed E-state index contributed by atoms with van der Waals surface area (Å²) in [5.41, 5.74) is 1.90. The van der Waals surface area contributed by atoms with Gasteiger partial charge in [-0.15, -0.1) is 0 Å². The fourth-order valence-electron chi connectivity index (χ4n) is 0.829. The van der Waals surface area contributed by atoms with Gasteiger partial charge in [-0.05, 0) is 18.2 Å². The van der Waals surface area contributed by atoms with Crippen molar-refractivity contribution in [3.63, 3.8) is 0 Å². The molecule has 0 heterocycles. The highest BCUT2D eigenvalue weighted by molar-refractivity contribution is 5.93. The molecule has 0 spiro atoms. The van der Waals surface area contributed by atoms with E-state index >= 15 is 0 Å². The van der Waals surface area contributed by atoms with Crippen molar-refractivity contribution in [2.45, 2.75) is 0 Å². The van der Waals surface area contributed by atoms with Gasteiger partial charge in [-0.1, -0.05) is 6.07 Å². The molecule has 1 rings (SSSR count). The number of ether oxygens (including phenoxy) is 1. The van der Waals surface area contributed by atoms with Gasteiger partial charge in [0.2, 0.25) is 0 Å². The molecule has 4 heteroatoms. The van der Waals surface area contributed by atoms with Crippen molar-refractivity contribution >= 4 is 5.91 Å². The van der Waals surface area contributed by atoms with E-state index in [4.69, 9.17) is 9.94 Å². The SMILES string of the molecule is COc1cccc(C(=O)NO)c1. The number of hydrogen-bond donors (Lipinski definition) is 2. The van der Waals surface area contributed by atoms with E-state index < -0.39 is 5.91 Å². The Hall–Kier alpha value is -1.55. The molecular weight excluding hydrogens is 158 g/mol. The Kier molecular flexibility index (Phi) is 2.66. The molecule has 1 aromatic rings. The Labute approximate surface area is 69.7 Å². The second kappa shape index (κ2) is 3.73. The summed E-state index contributed by atoms with van der Waals surface area (Å²) in [4.78, 5) is 10.9. The lowest BCUT2D eigenvalue weighted by Gasteiger charge is -2.01. The highest BCUT2D eigenvalue weighted by atomic mass is 16.5. The third-order valence-corrected chi connectivity index (χ3v) is 1.43. The zero-order valence-electron chi connectivity index (χ0n) is 6.57. The maximum Gasteiger partial charge on any atom is 0.274 e. The van der Waals surface area contributed by atoms with E-state index in [0.29, 0.717) is 11.3 Å². The Morgan fingerprint density at radius 3 is 2.92 bits per heavy atom. The monoisotopic (exact) mass is 167 g/mol. The first-order valence-electron chi connectivity index (χ1n) is 3.36. The fourth-order valence-corrected chi connectivity index (χ4v) is 0.829. The number of carbonyl (C=O) groups is 1. The zero-order valence-corrected chi connectivity index (χ0v) is 6.57. The zero-order chi connectivity index (χ0) is 8.97. The normalized spacial score (nSPS) is 9.17. The molecule has 0 saturated heterocycles. The van der Waals surface area contributed by atoms with Crippen molar-refractivity contribution in [3.8, 4) is 5.75 Å². The minimum Gasteiger partial charge on any atom is -0.497 e. The van der Waals surface area contributed by atoms with Crippen LogP contribution in [0.4, 0.5) is 0 Å². The van der Waals surface area contributed by atoms with Crippen LogP contribution in [0.15, 0.2) is 24.3 Å². The summed E-state index contributed by atoms with van der Waals surface area (Å²) in [5, 5.41) is 8.31. The van der Waals surface area contributed by atoms with Gasteiger partial charge in [0.25, 0.3) is 5.91 Å². The van der Waals surface area contributed by atoms with Gasteiger partial charge < -0.3 is 4.74 Å². The van der Waals surface area contributed by atoms with Crippen LogP contribution in [0.2, 0.25) is 0 Å². The summed E-state index contributed by atoms with van der Waals surface area (Å²) in [6, 6.07) is 6.50. The van der Waals surface area contributed by atoms with Crippen molar-refractivity contribution in [2.24, 2.45) is 0 Å². The molecule has 0 radical (unpaired) electrons. The van der Waals surface area contributed by atoms with E-state index in [0.717, 1.165) is 0 Å². The first-order chi connectivity index (χ1) is 5.77. The number of amides is 1. The summed E-state index contributed by atoms with van der Waals surface area (Å²) in [5.74, 6) is 0.0324. The highest BCUT2D eigenvalue weighted by Gasteiger charge is 2.03. The topological polar surface area (TPSA) is 58.6 Å². The van der Waals surface area contributed by atoms with E-state index in [2.05, 4.69) is 0 Å². The van der Waals surface area contributed by atoms with E-state index in [1.807, 2.05) is 0 Å². The lowest BCUT2D eigenvalue weighted by molar-refractivity contribution is 0.0706. The van der Waals surface area contributed by atoms with E-state index in [9.17, 15) is 4.79 Å². The van der Waals surface area contributed by atoms with Crippen LogP contribution in [0, 0.1) is 0 Å². The van der Waals surface area contributed by atoms with Gasteiger partial charge in [0, 0.05) is 5.56 Å². The molecule has 12 heavy (non-hydrogen) atoms. The Morgan fingerprint density at radius 1 is 1.58 bits per heavy atom. The summed E-state index contributed by atoms with van der Waals surface area (Å²) in [7, 11) is 1.51. The number of benzene rings is 1. The van der Waals surface area contributed by atoms with Crippen LogP contribution in [0.1, 0.15) is 10.4 Å². The standard InChI is InChI=1S/C8H9NO3/c1-12-7-4-2-3-6(5-7)8(10)9-11/h2-5,11H,1H3,(H,9,10). The third kappa shape index (κ3) is 1.73. The van der Waals surface area contributed by atoms with Crippen LogP contribution in [0.5, 0.6) is 5.75 Å². The van der Waals surface area contributed by atoms with Crippen molar-refractivity contribution in [3.05, 3.63) is 29.8 Å². The number of hydroxylamine groups is 1. The van der Waals surface area contributed by atoms with Crippen molar-refractivity contribution in [2.75, 3.05) is 7.11 Å². The summed E-state index contributed by atoms with van der Waals surface area (Å²) in [6.45, 7) is 0. The van der Waals surface area contributed by atoms with Gasteiger partial charge >= 0.3 is 0 Å². The molecule has 1 aromatic carbocycles. The number of methoxy groups -OCH3 is 1. The summed E-state index contributed by atoms with van der Waals surface area (Å²) in [6.07, 6.45) is 0. The smallest absolute Gasteiger partial charge is 0.274 e. The molecule has 0 atom stereocenters. The molecule has 2 N–H and O–H groups in total. The van der Waals surface area contributed by atoms with Gasteiger partial charge in [0.15, 0.2) is 0 Å². The minimum atomic E-state index is -0.547. The van der Waals surface area contributed by atoms with Gasteiger partial charge in [-0.2, -0.15) is 0 Å². The Morgan fingerprint density at radius 2 is 2.33 bits per heavy atom. The van der Waals surface area contributed by atoms with Gasteiger partial charge in [-0.25, -0.2) is 5.48 Å². The second-order valence-electron chi connectivity index (χ2n) is 2.17. The van der Waals surface area contributed by atoms with E-state index in [1.165, 1.54) is 18.7 Å². The van der Waals surface area contributed by atoms with Crippen LogP contribution >= 0.6 is 0 Å². The molecule has 0 bridgehead atoms. The molecule has 0 fully saturated rings. The first kappa shape index (κ1) is 8.55. The number of hydrogen-bond acceptors (Lipinski definition) is 3. The molecular formula is C8H9NO3. The van der Waals surface area contributed by atoms with Gasteiger partial charge in [-0.3, -0.25) is 10.0 Å². The van der Waals surface area contributed by atoms with Gasteiger partial charge in [0.1, 0.15) is 5.75 Å². The Bertz CT molecular complexity index is 285. The molecule has 0 aliphatic carbocycles. The maximum absolute atomic E-state index is 10.9. The Balaban J connectivity index is 2.93. The molecule has 0 saturated carbocycles.